The molecule has 4 aromatic rings. The van der Waals surface area contributed by atoms with Crippen LogP contribution in [-0.2, 0) is 11.3 Å². The molecule has 0 aliphatic heterocycles. The van der Waals surface area contributed by atoms with Gasteiger partial charge in [0.25, 0.3) is 5.91 Å². The smallest absolute Gasteiger partial charge is 0.297 e. The maximum atomic E-state index is 12.9. The lowest BCUT2D eigenvalue weighted by Gasteiger charge is -2.09. The van der Waals surface area contributed by atoms with Crippen molar-refractivity contribution >= 4 is 34.5 Å². The van der Waals surface area contributed by atoms with Crippen LogP contribution in [0, 0.1) is 6.92 Å². The zero-order valence-corrected chi connectivity index (χ0v) is 18.1. The van der Waals surface area contributed by atoms with Crippen molar-refractivity contribution in [2.75, 3.05) is 18.5 Å². The number of rotatable bonds is 8. The minimum atomic E-state index is -0.435. The van der Waals surface area contributed by atoms with Gasteiger partial charge in [-0.1, -0.05) is 35.9 Å². The van der Waals surface area contributed by atoms with Crippen molar-refractivity contribution in [1.82, 2.24) is 24.3 Å². The molecule has 0 aliphatic carbocycles. The predicted molar refractivity (Wildman–Crippen MR) is 120 cm³/mol. The van der Waals surface area contributed by atoms with Gasteiger partial charge in [0.2, 0.25) is 11.8 Å². The average molecular weight is 439 g/mol. The van der Waals surface area contributed by atoms with Crippen LogP contribution >= 0.6 is 11.6 Å². The molecule has 0 radical (unpaired) electrons. The van der Waals surface area contributed by atoms with Crippen molar-refractivity contribution in [2.24, 2.45) is 0 Å². The summed E-state index contributed by atoms with van der Waals surface area (Å²) in [5, 5.41) is 7.75. The average Bonchev–Trinajstić information content (AvgIpc) is 3.32. The number of fused-ring (bicyclic) bond motifs is 1. The molecule has 9 heteroatoms. The highest BCUT2D eigenvalue weighted by molar-refractivity contribution is 6.32. The number of aryl methyl sites for hydroxylation is 2. The Balaban J connectivity index is 1.60. The molecule has 8 nitrogen and oxygen atoms in total. The van der Waals surface area contributed by atoms with E-state index >= 15 is 0 Å². The molecule has 0 spiro atoms. The van der Waals surface area contributed by atoms with Crippen molar-refractivity contribution < 1.29 is 9.53 Å². The number of nitrogens with zero attached hydrogens (tertiary/aromatic N) is 5. The third-order valence-corrected chi connectivity index (χ3v) is 5.13. The fraction of sp³-hybridized carbons (Fsp3) is 0.273. The first-order valence-electron chi connectivity index (χ1n) is 10.1. The van der Waals surface area contributed by atoms with Gasteiger partial charge >= 0.3 is 0 Å². The lowest BCUT2D eigenvalue weighted by atomic mass is 10.3. The van der Waals surface area contributed by atoms with Crippen LogP contribution in [0.15, 0.2) is 48.5 Å². The van der Waals surface area contributed by atoms with E-state index in [0.29, 0.717) is 42.2 Å². The molecule has 160 valence electrons. The third-order valence-electron chi connectivity index (χ3n) is 4.81. The molecular weight excluding hydrogens is 416 g/mol. The van der Waals surface area contributed by atoms with E-state index in [-0.39, 0.29) is 5.82 Å². The number of anilines is 1. The van der Waals surface area contributed by atoms with Gasteiger partial charge in [0.05, 0.1) is 21.7 Å². The second-order valence-electron chi connectivity index (χ2n) is 6.93. The number of carbonyl (C=O) groups excluding carboxylic acids is 1. The zero-order chi connectivity index (χ0) is 21.8. The molecule has 0 fully saturated rings. The number of hydrogen-bond acceptors (Lipinski definition) is 5. The van der Waals surface area contributed by atoms with Gasteiger partial charge in [-0.25, -0.2) is 14.6 Å². The Labute approximate surface area is 184 Å². The quantitative estimate of drug-likeness (QED) is 0.415. The standard InChI is InChI=1S/C22H23ClN6O2/c1-3-31-14-8-13-28-19-12-7-5-10-17(19)25-22(28)26-21(30)20-24-15(2)29(27-20)18-11-6-4-9-16(18)23/h4-7,9-12H,3,8,13-14H2,1-2H3,(H,25,26,30). The predicted octanol–water partition coefficient (Wildman–Crippen LogP) is 4.26. The number of ether oxygens (including phenoxy) is 1. The lowest BCUT2D eigenvalue weighted by molar-refractivity contribution is 0.101. The van der Waals surface area contributed by atoms with Gasteiger partial charge in [-0.3, -0.25) is 10.1 Å². The van der Waals surface area contributed by atoms with E-state index in [1.54, 1.807) is 17.7 Å². The first kappa shape index (κ1) is 21.0. The zero-order valence-electron chi connectivity index (χ0n) is 17.4. The summed E-state index contributed by atoms with van der Waals surface area (Å²) >= 11 is 6.27. The first-order valence-corrected chi connectivity index (χ1v) is 10.5. The number of amides is 1. The second kappa shape index (κ2) is 9.28. The summed E-state index contributed by atoms with van der Waals surface area (Å²) < 4.78 is 8.98. The highest BCUT2D eigenvalue weighted by Crippen LogP contribution is 2.22. The SMILES string of the molecule is CCOCCCn1c(NC(=O)c2nc(C)n(-c3ccccc3Cl)n2)nc2ccccc21. The van der Waals surface area contributed by atoms with Crippen molar-refractivity contribution in [1.29, 1.82) is 0 Å². The molecule has 0 aliphatic rings. The molecule has 0 bridgehead atoms. The van der Waals surface area contributed by atoms with E-state index in [1.807, 2.05) is 54.0 Å². The van der Waals surface area contributed by atoms with Crippen LogP contribution in [0.25, 0.3) is 16.7 Å². The summed E-state index contributed by atoms with van der Waals surface area (Å²) in [5.74, 6) is 0.624. The van der Waals surface area contributed by atoms with Gasteiger partial charge in [0.15, 0.2) is 0 Å². The Morgan fingerprint density at radius 2 is 1.90 bits per heavy atom. The summed E-state index contributed by atoms with van der Waals surface area (Å²) in [6, 6.07) is 15.0. The minimum Gasteiger partial charge on any atom is -0.382 e. The number of carbonyl (C=O) groups is 1. The van der Waals surface area contributed by atoms with E-state index in [9.17, 15) is 4.79 Å². The summed E-state index contributed by atoms with van der Waals surface area (Å²) in [7, 11) is 0. The van der Waals surface area contributed by atoms with Crippen molar-refractivity contribution in [2.45, 2.75) is 26.8 Å². The number of benzene rings is 2. The normalized spacial score (nSPS) is 11.2. The molecule has 4 rings (SSSR count). The Morgan fingerprint density at radius 3 is 2.71 bits per heavy atom. The van der Waals surface area contributed by atoms with Gasteiger partial charge in [0, 0.05) is 19.8 Å². The lowest BCUT2D eigenvalue weighted by Crippen LogP contribution is -2.18. The van der Waals surface area contributed by atoms with Crippen LogP contribution in [0.5, 0.6) is 0 Å². The third kappa shape index (κ3) is 4.45. The maximum Gasteiger partial charge on any atom is 0.297 e. The molecule has 31 heavy (non-hydrogen) atoms. The largest absolute Gasteiger partial charge is 0.382 e. The summed E-state index contributed by atoms with van der Waals surface area (Å²) in [6.07, 6.45) is 0.801. The van der Waals surface area contributed by atoms with E-state index in [1.165, 1.54) is 0 Å². The monoisotopic (exact) mass is 438 g/mol. The number of para-hydroxylation sites is 3. The van der Waals surface area contributed by atoms with Gasteiger partial charge in [-0.15, -0.1) is 5.10 Å². The fourth-order valence-electron chi connectivity index (χ4n) is 3.36. The molecule has 0 unspecified atom stereocenters. The molecule has 2 aromatic carbocycles. The van der Waals surface area contributed by atoms with Gasteiger partial charge in [-0.2, -0.15) is 0 Å². The van der Waals surface area contributed by atoms with Crippen LogP contribution in [-0.4, -0.2) is 43.4 Å². The minimum absolute atomic E-state index is 0.0466. The van der Waals surface area contributed by atoms with Crippen LogP contribution in [0.4, 0.5) is 5.95 Å². The Hall–Kier alpha value is -3.23. The van der Waals surface area contributed by atoms with Gasteiger partial charge < -0.3 is 9.30 Å². The summed E-state index contributed by atoms with van der Waals surface area (Å²) in [6.45, 7) is 5.72. The first-order chi connectivity index (χ1) is 15.1. The fourth-order valence-corrected chi connectivity index (χ4v) is 3.58. The molecule has 0 saturated heterocycles. The molecule has 0 saturated carbocycles. The summed E-state index contributed by atoms with van der Waals surface area (Å²) in [5.41, 5.74) is 2.41. The summed E-state index contributed by atoms with van der Waals surface area (Å²) in [4.78, 5) is 21.8. The molecule has 1 N–H and O–H groups in total. The molecule has 2 aromatic heterocycles. The van der Waals surface area contributed by atoms with E-state index < -0.39 is 5.91 Å². The molecule has 0 atom stereocenters. The van der Waals surface area contributed by atoms with Crippen LogP contribution in [0.3, 0.4) is 0 Å². The van der Waals surface area contributed by atoms with Crippen molar-refractivity contribution in [3.8, 4) is 5.69 Å². The second-order valence-corrected chi connectivity index (χ2v) is 7.33. The van der Waals surface area contributed by atoms with Crippen LogP contribution in [0.1, 0.15) is 29.8 Å². The van der Waals surface area contributed by atoms with Crippen molar-refractivity contribution in [3.05, 3.63) is 65.2 Å². The highest BCUT2D eigenvalue weighted by atomic mass is 35.5. The molecule has 2 heterocycles. The topological polar surface area (TPSA) is 86.9 Å². The van der Waals surface area contributed by atoms with Crippen LogP contribution < -0.4 is 5.32 Å². The van der Waals surface area contributed by atoms with Crippen molar-refractivity contribution in [3.63, 3.8) is 0 Å². The Bertz CT molecular complexity index is 1220. The maximum absolute atomic E-state index is 12.9. The number of imidazole rings is 1. The van der Waals surface area contributed by atoms with E-state index in [4.69, 9.17) is 16.3 Å². The Morgan fingerprint density at radius 1 is 1.13 bits per heavy atom. The van der Waals surface area contributed by atoms with Gasteiger partial charge in [0.1, 0.15) is 5.82 Å². The number of hydrogen-bond donors (Lipinski definition) is 1. The number of nitrogens with one attached hydrogen (secondary N) is 1. The molecular formula is C22H23ClN6O2. The van der Waals surface area contributed by atoms with E-state index in [2.05, 4.69) is 20.4 Å². The van der Waals surface area contributed by atoms with Gasteiger partial charge in [-0.05, 0) is 44.5 Å². The van der Waals surface area contributed by atoms with E-state index in [0.717, 1.165) is 17.5 Å². The number of aromatic nitrogens is 5. The molecule has 1 amide bonds. The number of halogens is 1. The highest BCUT2D eigenvalue weighted by Gasteiger charge is 2.19. The van der Waals surface area contributed by atoms with Crippen LogP contribution in [0.2, 0.25) is 5.02 Å². The Kier molecular flexibility index (Phi) is 6.29.